The lowest BCUT2D eigenvalue weighted by atomic mass is 10.2. The van der Waals surface area contributed by atoms with E-state index >= 15 is 0 Å². The van der Waals surface area contributed by atoms with Gasteiger partial charge in [-0.25, -0.2) is 4.98 Å². The molecule has 20 heavy (non-hydrogen) atoms. The fraction of sp³-hybridized carbons (Fsp3) is 0.200. The van der Waals surface area contributed by atoms with Gasteiger partial charge in [0.15, 0.2) is 0 Å². The van der Waals surface area contributed by atoms with Crippen molar-refractivity contribution >= 4 is 23.2 Å². The van der Waals surface area contributed by atoms with Gasteiger partial charge in [-0.3, -0.25) is 4.79 Å². The van der Waals surface area contributed by atoms with Crippen LogP contribution in [0.15, 0.2) is 42.6 Å². The van der Waals surface area contributed by atoms with Crippen LogP contribution < -0.4 is 10.1 Å². The maximum absolute atomic E-state index is 12.0. The van der Waals surface area contributed by atoms with Crippen molar-refractivity contribution in [3.05, 3.63) is 53.3 Å². The van der Waals surface area contributed by atoms with E-state index in [0.29, 0.717) is 17.9 Å². The first kappa shape index (κ1) is 14.3. The molecule has 104 valence electrons. The Bertz CT molecular complexity index is 585. The average molecular weight is 291 g/mol. The van der Waals surface area contributed by atoms with Gasteiger partial charge in [0.2, 0.25) is 0 Å². The monoisotopic (exact) mass is 290 g/mol. The topological polar surface area (TPSA) is 51.2 Å². The highest BCUT2D eigenvalue weighted by Crippen LogP contribution is 2.18. The van der Waals surface area contributed by atoms with Crippen LogP contribution in [0.5, 0.6) is 5.75 Å². The second-order valence-corrected chi connectivity index (χ2v) is 4.53. The summed E-state index contributed by atoms with van der Waals surface area (Å²) in [6.07, 6.45) is 2.50. The number of anilines is 1. The summed E-state index contributed by atoms with van der Waals surface area (Å²) in [6, 6.07) is 10.5. The first-order valence-corrected chi connectivity index (χ1v) is 6.73. The lowest BCUT2D eigenvalue weighted by Gasteiger charge is -2.08. The summed E-state index contributed by atoms with van der Waals surface area (Å²) < 4.78 is 5.48. The van der Waals surface area contributed by atoms with Gasteiger partial charge in [-0.05, 0) is 42.8 Å². The van der Waals surface area contributed by atoms with Gasteiger partial charge in [0.1, 0.15) is 10.9 Å². The van der Waals surface area contributed by atoms with Crippen LogP contribution in [0.4, 0.5) is 5.69 Å². The smallest absolute Gasteiger partial charge is 0.258 e. The van der Waals surface area contributed by atoms with Crippen molar-refractivity contribution in [3.63, 3.8) is 0 Å². The molecule has 0 bridgehead atoms. The van der Waals surface area contributed by atoms with E-state index < -0.39 is 0 Å². The van der Waals surface area contributed by atoms with E-state index in [4.69, 9.17) is 16.3 Å². The summed E-state index contributed by atoms with van der Waals surface area (Å²) in [7, 11) is 0. The van der Waals surface area contributed by atoms with Crippen molar-refractivity contribution in [1.82, 2.24) is 4.98 Å². The molecule has 0 aliphatic heterocycles. The first-order valence-electron chi connectivity index (χ1n) is 6.35. The van der Waals surface area contributed by atoms with Crippen molar-refractivity contribution in [2.75, 3.05) is 11.9 Å². The van der Waals surface area contributed by atoms with Crippen LogP contribution in [0.1, 0.15) is 23.7 Å². The summed E-state index contributed by atoms with van der Waals surface area (Å²) in [5, 5.41) is 2.95. The SMILES string of the molecule is CCCOc1ccc(NC(=O)c2cccnc2Cl)cc1. The molecule has 1 heterocycles. The van der Waals surface area contributed by atoms with Gasteiger partial charge in [-0.2, -0.15) is 0 Å². The molecule has 1 amide bonds. The highest BCUT2D eigenvalue weighted by Gasteiger charge is 2.10. The molecule has 0 saturated carbocycles. The lowest BCUT2D eigenvalue weighted by molar-refractivity contribution is 0.102. The maximum atomic E-state index is 12.0. The van der Waals surface area contributed by atoms with Gasteiger partial charge in [0.05, 0.1) is 12.2 Å². The quantitative estimate of drug-likeness (QED) is 0.853. The number of ether oxygens (including phenoxy) is 1. The molecule has 5 heteroatoms. The fourth-order valence-corrected chi connectivity index (χ4v) is 1.81. The zero-order chi connectivity index (χ0) is 14.4. The van der Waals surface area contributed by atoms with Crippen LogP contribution in [-0.2, 0) is 0 Å². The highest BCUT2D eigenvalue weighted by atomic mass is 35.5. The Morgan fingerprint density at radius 1 is 1.30 bits per heavy atom. The van der Waals surface area contributed by atoms with Crippen LogP contribution >= 0.6 is 11.6 Å². The number of nitrogens with one attached hydrogen (secondary N) is 1. The van der Waals surface area contributed by atoms with Crippen molar-refractivity contribution < 1.29 is 9.53 Å². The molecule has 0 saturated heterocycles. The number of carbonyl (C=O) groups excluding carboxylic acids is 1. The highest BCUT2D eigenvalue weighted by molar-refractivity contribution is 6.33. The summed E-state index contributed by atoms with van der Waals surface area (Å²) in [4.78, 5) is 15.9. The van der Waals surface area contributed by atoms with Gasteiger partial charge in [-0.1, -0.05) is 18.5 Å². The Morgan fingerprint density at radius 3 is 2.70 bits per heavy atom. The number of halogens is 1. The number of hydrogen-bond donors (Lipinski definition) is 1. The molecule has 0 fully saturated rings. The third kappa shape index (κ3) is 3.71. The number of nitrogens with zero attached hydrogens (tertiary/aromatic N) is 1. The Labute approximate surface area is 122 Å². The van der Waals surface area contributed by atoms with E-state index in [0.717, 1.165) is 12.2 Å². The predicted molar refractivity (Wildman–Crippen MR) is 79.4 cm³/mol. The minimum atomic E-state index is -0.287. The Morgan fingerprint density at radius 2 is 2.05 bits per heavy atom. The first-order chi connectivity index (χ1) is 9.70. The number of rotatable bonds is 5. The molecule has 2 aromatic rings. The standard InChI is InChI=1S/C15H15ClN2O2/c1-2-10-20-12-7-5-11(6-8-12)18-15(19)13-4-3-9-17-14(13)16/h3-9H,2,10H2,1H3,(H,18,19). The number of carbonyl (C=O) groups is 1. The summed E-state index contributed by atoms with van der Waals surface area (Å²) in [5.41, 5.74) is 1.03. The van der Waals surface area contributed by atoms with Gasteiger partial charge in [-0.15, -0.1) is 0 Å². The normalized spacial score (nSPS) is 10.1. The Balaban J connectivity index is 2.03. The van der Waals surface area contributed by atoms with E-state index in [-0.39, 0.29) is 11.1 Å². The summed E-state index contributed by atoms with van der Waals surface area (Å²) >= 11 is 5.88. The number of pyridine rings is 1. The minimum absolute atomic E-state index is 0.188. The molecule has 2 rings (SSSR count). The fourth-order valence-electron chi connectivity index (χ4n) is 1.61. The molecular formula is C15H15ClN2O2. The van der Waals surface area contributed by atoms with Gasteiger partial charge in [0, 0.05) is 11.9 Å². The molecule has 0 radical (unpaired) electrons. The van der Waals surface area contributed by atoms with Crippen LogP contribution in [0, 0.1) is 0 Å². The third-order valence-corrected chi connectivity index (χ3v) is 2.89. The van der Waals surface area contributed by atoms with E-state index in [2.05, 4.69) is 10.3 Å². The molecular weight excluding hydrogens is 276 g/mol. The molecule has 0 aliphatic rings. The lowest BCUT2D eigenvalue weighted by Crippen LogP contribution is -2.12. The number of amides is 1. The second-order valence-electron chi connectivity index (χ2n) is 4.17. The predicted octanol–water partition coefficient (Wildman–Crippen LogP) is 3.78. The van der Waals surface area contributed by atoms with E-state index in [1.165, 1.54) is 0 Å². The zero-order valence-corrected chi connectivity index (χ0v) is 11.9. The van der Waals surface area contributed by atoms with Crippen LogP contribution in [0.2, 0.25) is 5.15 Å². The van der Waals surface area contributed by atoms with E-state index in [1.807, 2.05) is 19.1 Å². The molecule has 0 atom stereocenters. The van der Waals surface area contributed by atoms with Crippen molar-refractivity contribution in [2.24, 2.45) is 0 Å². The van der Waals surface area contributed by atoms with Crippen molar-refractivity contribution in [2.45, 2.75) is 13.3 Å². The Hall–Kier alpha value is -2.07. The molecule has 1 N–H and O–H groups in total. The molecule has 1 aromatic heterocycles. The van der Waals surface area contributed by atoms with Crippen LogP contribution in [-0.4, -0.2) is 17.5 Å². The minimum Gasteiger partial charge on any atom is -0.494 e. The summed E-state index contributed by atoms with van der Waals surface area (Å²) in [6.45, 7) is 2.73. The van der Waals surface area contributed by atoms with Crippen LogP contribution in [0.25, 0.3) is 0 Å². The van der Waals surface area contributed by atoms with E-state index in [1.54, 1.807) is 30.5 Å². The van der Waals surface area contributed by atoms with Crippen LogP contribution in [0.3, 0.4) is 0 Å². The Kier molecular flexibility index (Phi) is 4.96. The van der Waals surface area contributed by atoms with Gasteiger partial charge >= 0.3 is 0 Å². The molecule has 4 nitrogen and oxygen atoms in total. The third-order valence-electron chi connectivity index (χ3n) is 2.59. The molecule has 0 unspecified atom stereocenters. The van der Waals surface area contributed by atoms with Gasteiger partial charge in [0.25, 0.3) is 5.91 Å². The average Bonchev–Trinajstić information content (AvgIpc) is 2.47. The number of hydrogen-bond acceptors (Lipinski definition) is 3. The second kappa shape index (κ2) is 6.91. The molecule has 0 spiro atoms. The van der Waals surface area contributed by atoms with Gasteiger partial charge < -0.3 is 10.1 Å². The maximum Gasteiger partial charge on any atom is 0.258 e. The summed E-state index contributed by atoms with van der Waals surface area (Å²) in [5.74, 6) is 0.495. The van der Waals surface area contributed by atoms with E-state index in [9.17, 15) is 4.79 Å². The zero-order valence-electron chi connectivity index (χ0n) is 11.1. The molecule has 1 aromatic carbocycles. The largest absolute Gasteiger partial charge is 0.494 e. The molecule has 0 aliphatic carbocycles. The van der Waals surface area contributed by atoms with Crippen molar-refractivity contribution in [1.29, 1.82) is 0 Å². The number of benzene rings is 1. The number of aromatic nitrogens is 1. The van der Waals surface area contributed by atoms with Crippen molar-refractivity contribution in [3.8, 4) is 5.75 Å².